The second-order valence-corrected chi connectivity index (χ2v) is 4.02. The van der Waals surface area contributed by atoms with Gasteiger partial charge >= 0.3 is 12.1 Å². The number of benzene rings is 1. The predicted molar refractivity (Wildman–Crippen MR) is 56.1 cm³/mol. The van der Waals surface area contributed by atoms with Crippen LogP contribution >= 0.6 is 0 Å². The Morgan fingerprint density at radius 2 is 2.12 bits per heavy atom. The van der Waals surface area contributed by atoms with Crippen LogP contribution in [0.1, 0.15) is 23.6 Å². The van der Waals surface area contributed by atoms with Gasteiger partial charge in [0.05, 0.1) is 6.04 Å². The van der Waals surface area contributed by atoms with Crippen LogP contribution in [0.15, 0.2) is 18.2 Å². The molecule has 1 aromatic carbocycles. The molecule has 6 heteroatoms. The van der Waals surface area contributed by atoms with Crippen molar-refractivity contribution in [3.63, 3.8) is 0 Å². The number of rotatable bonds is 1. The Morgan fingerprint density at radius 3 is 2.76 bits per heavy atom. The number of alkyl halides is 3. The molecule has 17 heavy (non-hydrogen) atoms. The zero-order chi connectivity index (χ0) is 12.6. The van der Waals surface area contributed by atoms with Crippen LogP contribution in [-0.4, -0.2) is 12.1 Å². The Labute approximate surface area is 95.8 Å². The summed E-state index contributed by atoms with van der Waals surface area (Å²) in [6, 6.07) is 4.45. The molecule has 3 nitrogen and oxygen atoms in total. The van der Waals surface area contributed by atoms with Gasteiger partial charge in [-0.1, -0.05) is 6.07 Å². The lowest BCUT2D eigenvalue weighted by Gasteiger charge is -2.15. The molecule has 0 aromatic heterocycles. The molecule has 0 radical (unpaired) electrons. The fraction of sp³-hybridized carbons (Fsp3) is 0.364. The van der Waals surface area contributed by atoms with Gasteiger partial charge in [-0.2, -0.15) is 13.2 Å². The predicted octanol–water partition coefficient (Wildman–Crippen LogP) is 1.93. The normalized spacial score (nSPS) is 18.9. The number of anilines is 1. The lowest BCUT2D eigenvalue weighted by atomic mass is 10.1. The molecule has 1 aliphatic carbocycles. The largest absolute Gasteiger partial charge is 0.471 e. The van der Waals surface area contributed by atoms with Crippen molar-refractivity contribution in [2.45, 2.75) is 25.1 Å². The number of nitrogen functional groups attached to an aromatic ring is 1. The molecule has 0 saturated carbocycles. The van der Waals surface area contributed by atoms with E-state index in [0.717, 1.165) is 11.1 Å². The molecule has 1 aliphatic rings. The third-order valence-electron chi connectivity index (χ3n) is 2.81. The number of hydrogen-bond acceptors (Lipinski definition) is 2. The summed E-state index contributed by atoms with van der Waals surface area (Å²) in [6.45, 7) is 0. The number of carbonyl (C=O) groups is 1. The van der Waals surface area contributed by atoms with Gasteiger partial charge in [0.25, 0.3) is 0 Å². The van der Waals surface area contributed by atoms with Crippen LogP contribution in [0.4, 0.5) is 18.9 Å². The summed E-state index contributed by atoms with van der Waals surface area (Å²) in [4.78, 5) is 10.8. The summed E-state index contributed by atoms with van der Waals surface area (Å²) in [5.41, 5.74) is 7.77. The molecular formula is C11H11F3N2O. The van der Waals surface area contributed by atoms with Gasteiger partial charge in [-0.05, 0) is 36.1 Å². The van der Waals surface area contributed by atoms with Gasteiger partial charge in [-0.25, -0.2) is 0 Å². The van der Waals surface area contributed by atoms with E-state index in [1.165, 1.54) is 0 Å². The maximum absolute atomic E-state index is 12.1. The lowest BCUT2D eigenvalue weighted by Crippen LogP contribution is -2.38. The molecular weight excluding hydrogens is 233 g/mol. The summed E-state index contributed by atoms with van der Waals surface area (Å²) in [6.07, 6.45) is -3.74. The first-order valence-corrected chi connectivity index (χ1v) is 5.14. The van der Waals surface area contributed by atoms with E-state index in [0.29, 0.717) is 18.5 Å². The summed E-state index contributed by atoms with van der Waals surface area (Å²) in [7, 11) is 0. The van der Waals surface area contributed by atoms with Gasteiger partial charge in [0.15, 0.2) is 0 Å². The molecule has 3 N–H and O–H groups in total. The van der Waals surface area contributed by atoms with E-state index in [1.807, 2.05) is 5.32 Å². The maximum atomic E-state index is 12.1. The van der Waals surface area contributed by atoms with Crippen LogP contribution in [0, 0.1) is 0 Å². The topological polar surface area (TPSA) is 55.1 Å². The van der Waals surface area contributed by atoms with Gasteiger partial charge in [-0.15, -0.1) is 0 Å². The van der Waals surface area contributed by atoms with Crippen molar-refractivity contribution in [2.24, 2.45) is 0 Å². The minimum atomic E-state index is -4.84. The number of carbonyl (C=O) groups excluding carboxylic acids is 1. The first-order chi connectivity index (χ1) is 7.88. The van der Waals surface area contributed by atoms with Gasteiger partial charge in [0, 0.05) is 5.69 Å². The Kier molecular flexibility index (Phi) is 2.73. The zero-order valence-electron chi connectivity index (χ0n) is 8.84. The highest BCUT2D eigenvalue weighted by atomic mass is 19.4. The molecule has 0 fully saturated rings. The molecule has 0 aliphatic heterocycles. The molecule has 92 valence electrons. The summed E-state index contributed by atoms with van der Waals surface area (Å²) in [5.74, 6) is -1.90. The zero-order valence-corrected chi connectivity index (χ0v) is 8.84. The molecule has 2 rings (SSSR count). The van der Waals surface area contributed by atoms with Crippen molar-refractivity contribution in [1.82, 2.24) is 5.32 Å². The standard InChI is InChI=1S/C11H11F3N2O/c12-11(13,14)10(17)16-9-4-1-6-5-7(15)2-3-8(6)9/h2-3,5,9H,1,4,15H2,(H,16,17). The average Bonchev–Trinajstić information content (AvgIpc) is 2.59. The Hall–Kier alpha value is -1.72. The summed E-state index contributed by atoms with van der Waals surface area (Å²) >= 11 is 0. The van der Waals surface area contributed by atoms with Crippen molar-refractivity contribution < 1.29 is 18.0 Å². The Bertz CT molecular complexity index is 457. The number of halogens is 3. The van der Waals surface area contributed by atoms with Crippen LogP contribution in [0.2, 0.25) is 0 Å². The smallest absolute Gasteiger partial charge is 0.399 e. The first-order valence-electron chi connectivity index (χ1n) is 5.14. The lowest BCUT2D eigenvalue weighted by molar-refractivity contribution is -0.174. The van der Waals surface area contributed by atoms with Gasteiger partial charge in [0.2, 0.25) is 0 Å². The van der Waals surface area contributed by atoms with Crippen LogP contribution in [0.5, 0.6) is 0 Å². The highest BCUT2D eigenvalue weighted by Gasteiger charge is 2.40. The SMILES string of the molecule is Nc1ccc2c(c1)CCC2NC(=O)C(F)(F)F. The molecule has 0 bridgehead atoms. The maximum Gasteiger partial charge on any atom is 0.471 e. The molecule has 0 heterocycles. The van der Waals surface area contributed by atoms with E-state index >= 15 is 0 Å². The number of fused-ring (bicyclic) bond motifs is 1. The van der Waals surface area contributed by atoms with Crippen molar-refractivity contribution in [3.05, 3.63) is 29.3 Å². The number of nitrogens with two attached hydrogens (primary N) is 1. The van der Waals surface area contributed by atoms with E-state index in [9.17, 15) is 18.0 Å². The van der Waals surface area contributed by atoms with Crippen LogP contribution in [0.3, 0.4) is 0 Å². The minimum Gasteiger partial charge on any atom is -0.399 e. The molecule has 1 amide bonds. The van der Waals surface area contributed by atoms with Gasteiger partial charge in [-0.3, -0.25) is 4.79 Å². The fourth-order valence-corrected chi connectivity index (χ4v) is 2.03. The van der Waals surface area contributed by atoms with E-state index in [-0.39, 0.29) is 0 Å². The van der Waals surface area contributed by atoms with Gasteiger partial charge < -0.3 is 11.1 Å². The van der Waals surface area contributed by atoms with E-state index in [4.69, 9.17) is 5.73 Å². The first kappa shape index (κ1) is 11.8. The molecule has 0 saturated heterocycles. The summed E-state index contributed by atoms with van der Waals surface area (Å²) in [5, 5.41) is 1.99. The van der Waals surface area contributed by atoms with Gasteiger partial charge in [0.1, 0.15) is 0 Å². The Morgan fingerprint density at radius 1 is 1.41 bits per heavy atom. The molecule has 1 atom stereocenters. The third kappa shape index (κ3) is 2.35. The minimum absolute atomic E-state index is 0.473. The highest BCUT2D eigenvalue weighted by Crippen LogP contribution is 2.33. The summed E-state index contributed by atoms with van der Waals surface area (Å²) < 4.78 is 36.3. The highest BCUT2D eigenvalue weighted by molar-refractivity contribution is 5.82. The second kappa shape index (κ2) is 3.94. The molecule has 1 aromatic rings. The Balaban J connectivity index is 2.15. The van der Waals surface area contributed by atoms with Crippen LogP contribution in [0.25, 0.3) is 0 Å². The quantitative estimate of drug-likeness (QED) is 0.742. The fourth-order valence-electron chi connectivity index (χ4n) is 2.03. The molecule has 0 spiro atoms. The number of amides is 1. The van der Waals surface area contributed by atoms with Crippen molar-refractivity contribution in [1.29, 1.82) is 0 Å². The van der Waals surface area contributed by atoms with Crippen molar-refractivity contribution in [2.75, 3.05) is 5.73 Å². The van der Waals surface area contributed by atoms with Crippen LogP contribution in [-0.2, 0) is 11.2 Å². The number of nitrogens with one attached hydrogen (secondary N) is 1. The van der Waals surface area contributed by atoms with Crippen molar-refractivity contribution >= 4 is 11.6 Å². The molecule has 1 unspecified atom stereocenters. The van der Waals surface area contributed by atoms with E-state index in [2.05, 4.69) is 0 Å². The third-order valence-corrected chi connectivity index (χ3v) is 2.81. The van der Waals surface area contributed by atoms with E-state index < -0.39 is 18.1 Å². The van der Waals surface area contributed by atoms with Crippen molar-refractivity contribution in [3.8, 4) is 0 Å². The average molecular weight is 244 g/mol. The number of aryl methyl sites for hydroxylation is 1. The monoisotopic (exact) mass is 244 g/mol. The van der Waals surface area contributed by atoms with E-state index in [1.54, 1.807) is 18.2 Å². The van der Waals surface area contributed by atoms with Crippen LogP contribution < -0.4 is 11.1 Å². The number of hydrogen-bond donors (Lipinski definition) is 2. The second-order valence-electron chi connectivity index (χ2n) is 4.02.